The molecule has 0 aliphatic heterocycles. The molecule has 112 valence electrons. The summed E-state index contributed by atoms with van der Waals surface area (Å²) in [6.45, 7) is 2.26. The van der Waals surface area contributed by atoms with Crippen LogP contribution in [0, 0.1) is 5.82 Å². The molecule has 0 radical (unpaired) electrons. The van der Waals surface area contributed by atoms with E-state index in [0.717, 1.165) is 18.9 Å². The molecule has 1 aliphatic rings. The van der Waals surface area contributed by atoms with Gasteiger partial charge in [-0.05, 0) is 45.0 Å². The van der Waals surface area contributed by atoms with Crippen LogP contribution < -0.4 is 10.5 Å². The summed E-state index contributed by atoms with van der Waals surface area (Å²) in [5, 5.41) is 0. The van der Waals surface area contributed by atoms with Gasteiger partial charge < -0.3 is 5.73 Å². The van der Waals surface area contributed by atoms with E-state index >= 15 is 0 Å². The summed E-state index contributed by atoms with van der Waals surface area (Å²) >= 11 is 0. The third-order valence-electron chi connectivity index (χ3n) is 3.67. The molecule has 1 unspecified atom stereocenters. The fourth-order valence-electron chi connectivity index (χ4n) is 1.97. The average molecular weight is 301 g/mol. The molecule has 2 rings (SSSR count). The fraction of sp³-hybridized carbons (Fsp3) is 0.538. The standard InChI is InChI=1S/C13H20FN3O2S/c1-9(17(2)10-3-4-10)8-16-20(18,19)11-5-6-13(15)12(14)7-11/h5-7,9-10,16H,3-4,8,15H2,1-2H3. The molecule has 0 bridgehead atoms. The number of anilines is 1. The van der Waals surface area contributed by atoms with Crippen molar-refractivity contribution in [1.82, 2.24) is 9.62 Å². The minimum absolute atomic E-state index is 0.0641. The first kappa shape index (κ1) is 15.2. The summed E-state index contributed by atoms with van der Waals surface area (Å²) in [5.74, 6) is -0.726. The third-order valence-corrected chi connectivity index (χ3v) is 5.09. The molecule has 0 spiro atoms. The second kappa shape index (κ2) is 5.67. The molecule has 3 N–H and O–H groups in total. The van der Waals surface area contributed by atoms with Gasteiger partial charge in [-0.15, -0.1) is 0 Å². The Kier molecular flexibility index (Phi) is 4.31. The van der Waals surface area contributed by atoms with Crippen LogP contribution in [0.5, 0.6) is 0 Å². The lowest BCUT2D eigenvalue weighted by atomic mass is 10.3. The molecule has 1 saturated carbocycles. The minimum atomic E-state index is -3.71. The Labute approximate surface area is 119 Å². The topological polar surface area (TPSA) is 75.4 Å². The Balaban J connectivity index is 2.01. The highest BCUT2D eigenvalue weighted by atomic mass is 32.2. The number of nitrogen functional groups attached to an aromatic ring is 1. The predicted octanol–water partition coefficient (Wildman–Crippen LogP) is 1.17. The summed E-state index contributed by atoms with van der Waals surface area (Å²) in [6.07, 6.45) is 2.33. The summed E-state index contributed by atoms with van der Waals surface area (Å²) in [4.78, 5) is 2.05. The molecular formula is C13H20FN3O2S. The minimum Gasteiger partial charge on any atom is -0.396 e. The Morgan fingerprint density at radius 3 is 2.70 bits per heavy atom. The number of sulfonamides is 1. The zero-order valence-corrected chi connectivity index (χ0v) is 12.5. The van der Waals surface area contributed by atoms with Crippen molar-refractivity contribution in [3.63, 3.8) is 0 Å². The van der Waals surface area contributed by atoms with E-state index in [1.165, 1.54) is 12.1 Å². The molecule has 1 atom stereocenters. The summed E-state index contributed by atoms with van der Waals surface area (Å²) in [7, 11) is -1.72. The SMILES string of the molecule is CC(CNS(=O)(=O)c1ccc(N)c(F)c1)N(C)C1CC1. The van der Waals surface area contributed by atoms with Crippen LogP contribution in [-0.2, 0) is 10.0 Å². The maximum atomic E-state index is 13.3. The molecule has 5 nitrogen and oxygen atoms in total. The quantitative estimate of drug-likeness (QED) is 0.773. The highest BCUT2D eigenvalue weighted by molar-refractivity contribution is 7.89. The number of hydrogen-bond acceptors (Lipinski definition) is 4. The van der Waals surface area contributed by atoms with Crippen LogP contribution in [0.15, 0.2) is 23.1 Å². The van der Waals surface area contributed by atoms with Gasteiger partial charge in [0.25, 0.3) is 0 Å². The Bertz CT molecular complexity index is 587. The van der Waals surface area contributed by atoms with Crippen LogP contribution in [0.25, 0.3) is 0 Å². The second-order valence-corrected chi connectivity index (χ2v) is 7.05. The predicted molar refractivity (Wildman–Crippen MR) is 76.2 cm³/mol. The van der Waals surface area contributed by atoms with Gasteiger partial charge in [0.1, 0.15) is 5.82 Å². The van der Waals surface area contributed by atoms with Crippen molar-refractivity contribution in [1.29, 1.82) is 0 Å². The zero-order valence-electron chi connectivity index (χ0n) is 11.6. The van der Waals surface area contributed by atoms with Crippen molar-refractivity contribution >= 4 is 15.7 Å². The van der Waals surface area contributed by atoms with E-state index in [1.807, 2.05) is 14.0 Å². The van der Waals surface area contributed by atoms with Gasteiger partial charge in [0.05, 0.1) is 10.6 Å². The Morgan fingerprint density at radius 1 is 1.50 bits per heavy atom. The molecular weight excluding hydrogens is 281 g/mol. The molecule has 1 aliphatic carbocycles. The lowest BCUT2D eigenvalue weighted by Crippen LogP contribution is -2.41. The van der Waals surface area contributed by atoms with E-state index < -0.39 is 15.8 Å². The van der Waals surface area contributed by atoms with Crippen LogP contribution in [0.3, 0.4) is 0 Å². The van der Waals surface area contributed by atoms with Crippen molar-refractivity contribution in [2.75, 3.05) is 19.3 Å². The van der Waals surface area contributed by atoms with Crippen LogP contribution in [0.2, 0.25) is 0 Å². The van der Waals surface area contributed by atoms with E-state index in [2.05, 4.69) is 9.62 Å². The normalized spacial score (nSPS) is 17.4. The molecule has 0 amide bonds. The van der Waals surface area contributed by atoms with Gasteiger partial charge >= 0.3 is 0 Å². The largest absolute Gasteiger partial charge is 0.396 e. The molecule has 20 heavy (non-hydrogen) atoms. The first-order chi connectivity index (χ1) is 9.31. The van der Waals surface area contributed by atoms with Gasteiger partial charge in [0, 0.05) is 18.6 Å². The molecule has 7 heteroatoms. The van der Waals surface area contributed by atoms with Crippen LogP contribution in [-0.4, -0.2) is 39.0 Å². The van der Waals surface area contributed by atoms with Gasteiger partial charge in [-0.2, -0.15) is 0 Å². The summed E-state index contributed by atoms with van der Waals surface area (Å²) in [5.41, 5.74) is 5.27. The first-order valence-electron chi connectivity index (χ1n) is 6.58. The van der Waals surface area contributed by atoms with E-state index in [1.54, 1.807) is 0 Å². The van der Waals surface area contributed by atoms with E-state index in [0.29, 0.717) is 12.6 Å². The van der Waals surface area contributed by atoms with Crippen molar-refractivity contribution in [2.24, 2.45) is 0 Å². The van der Waals surface area contributed by atoms with Gasteiger partial charge in [-0.3, -0.25) is 4.90 Å². The molecule has 0 heterocycles. The van der Waals surface area contributed by atoms with Crippen molar-refractivity contribution in [3.8, 4) is 0 Å². The van der Waals surface area contributed by atoms with Crippen molar-refractivity contribution < 1.29 is 12.8 Å². The van der Waals surface area contributed by atoms with Crippen molar-refractivity contribution in [2.45, 2.75) is 36.7 Å². The molecule has 1 aromatic carbocycles. The number of benzene rings is 1. The highest BCUT2D eigenvalue weighted by Gasteiger charge is 2.29. The zero-order chi connectivity index (χ0) is 14.9. The number of likely N-dealkylation sites (N-methyl/N-ethyl adjacent to an activating group) is 1. The second-order valence-electron chi connectivity index (χ2n) is 5.28. The van der Waals surface area contributed by atoms with Crippen LogP contribution in [0.1, 0.15) is 19.8 Å². The fourth-order valence-corrected chi connectivity index (χ4v) is 3.11. The lowest BCUT2D eigenvalue weighted by molar-refractivity contribution is 0.248. The number of halogens is 1. The smallest absolute Gasteiger partial charge is 0.240 e. The van der Waals surface area contributed by atoms with E-state index in [4.69, 9.17) is 5.73 Å². The first-order valence-corrected chi connectivity index (χ1v) is 8.06. The molecule has 0 saturated heterocycles. The maximum Gasteiger partial charge on any atom is 0.240 e. The number of nitrogens with one attached hydrogen (secondary N) is 1. The molecule has 1 fully saturated rings. The number of nitrogens with two attached hydrogens (primary N) is 1. The maximum absolute atomic E-state index is 13.3. The number of nitrogens with zero attached hydrogens (tertiary/aromatic N) is 1. The van der Waals surface area contributed by atoms with Crippen LogP contribution >= 0.6 is 0 Å². The third kappa shape index (κ3) is 3.47. The highest BCUT2D eigenvalue weighted by Crippen LogP contribution is 2.26. The van der Waals surface area contributed by atoms with E-state index in [9.17, 15) is 12.8 Å². The van der Waals surface area contributed by atoms with Gasteiger partial charge in [0.2, 0.25) is 10.0 Å². The van der Waals surface area contributed by atoms with Gasteiger partial charge in [-0.25, -0.2) is 17.5 Å². The van der Waals surface area contributed by atoms with E-state index in [-0.39, 0.29) is 16.6 Å². The van der Waals surface area contributed by atoms with Gasteiger partial charge in [-0.1, -0.05) is 0 Å². The lowest BCUT2D eigenvalue weighted by Gasteiger charge is -2.24. The Morgan fingerprint density at radius 2 is 2.15 bits per heavy atom. The monoisotopic (exact) mass is 301 g/mol. The molecule has 1 aromatic rings. The van der Waals surface area contributed by atoms with Crippen LogP contribution in [0.4, 0.5) is 10.1 Å². The number of hydrogen-bond donors (Lipinski definition) is 2. The molecule has 0 aromatic heterocycles. The Hall–Kier alpha value is -1.18. The van der Waals surface area contributed by atoms with Crippen molar-refractivity contribution in [3.05, 3.63) is 24.0 Å². The number of rotatable bonds is 6. The average Bonchev–Trinajstić information content (AvgIpc) is 3.22. The van der Waals surface area contributed by atoms with Gasteiger partial charge in [0.15, 0.2) is 0 Å². The summed E-state index contributed by atoms with van der Waals surface area (Å²) in [6, 6.07) is 4.14. The summed E-state index contributed by atoms with van der Waals surface area (Å²) < 4.78 is 40.0.